The maximum atomic E-state index is 5.35. The van der Waals surface area contributed by atoms with Crippen molar-refractivity contribution in [2.45, 2.75) is 12.8 Å². The molecule has 0 amide bonds. The van der Waals surface area contributed by atoms with Gasteiger partial charge in [0, 0.05) is 23.6 Å². The summed E-state index contributed by atoms with van der Waals surface area (Å²) >= 11 is 0. The first-order valence-corrected chi connectivity index (χ1v) is 5.10. The van der Waals surface area contributed by atoms with Gasteiger partial charge in [0.2, 0.25) is 0 Å². The fourth-order valence-electron chi connectivity index (χ4n) is 1.60. The van der Waals surface area contributed by atoms with Gasteiger partial charge in [-0.25, -0.2) is 0 Å². The maximum Gasteiger partial charge on any atom is 0.130 e. The van der Waals surface area contributed by atoms with Gasteiger partial charge in [0.15, 0.2) is 0 Å². The Labute approximate surface area is 96.6 Å². The monoisotopic (exact) mass is 222 g/mol. The quantitative estimate of drug-likeness (QED) is 0.717. The Bertz CT molecular complexity index is 346. The average Bonchev–Trinajstić information content (AvgIpc) is 2.35. The molecule has 88 valence electrons. The second kappa shape index (κ2) is 5.45. The Morgan fingerprint density at radius 3 is 1.88 bits per heavy atom. The van der Waals surface area contributed by atoms with Crippen molar-refractivity contribution < 1.29 is 14.2 Å². The lowest BCUT2D eigenvalue weighted by atomic mass is 9.99. The van der Waals surface area contributed by atoms with Gasteiger partial charge in [0.25, 0.3) is 0 Å². The molecule has 1 unspecified atom stereocenters. The molecule has 0 bridgehead atoms. The number of hydrogen-bond donors (Lipinski definition) is 0. The SMILES string of the molecule is C=CC(C)c1c(OC)cc(OC)cc1OC. The van der Waals surface area contributed by atoms with E-state index in [4.69, 9.17) is 14.2 Å². The third-order valence-corrected chi connectivity index (χ3v) is 2.56. The Hall–Kier alpha value is -1.64. The van der Waals surface area contributed by atoms with Crippen molar-refractivity contribution in [3.8, 4) is 17.2 Å². The van der Waals surface area contributed by atoms with Crippen molar-refractivity contribution >= 4 is 0 Å². The average molecular weight is 222 g/mol. The Morgan fingerprint density at radius 2 is 1.56 bits per heavy atom. The minimum Gasteiger partial charge on any atom is -0.496 e. The van der Waals surface area contributed by atoms with Crippen LogP contribution in [-0.4, -0.2) is 21.3 Å². The molecule has 1 aromatic carbocycles. The third kappa shape index (κ3) is 2.30. The van der Waals surface area contributed by atoms with Crippen LogP contribution in [-0.2, 0) is 0 Å². The zero-order chi connectivity index (χ0) is 12.1. The summed E-state index contributed by atoms with van der Waals surface area (Å²) in [4.78, 5) is 0. The first-order chi connectivity index (χ1) is 7.67. The van der Waals surface area contributed by atoms with E-state index >= 15 is 0 Å². The van der Waals surface area contributed by atoms with E-state index in [2.05, 4.69) is 6.58 Å². The molecule has 1 aromatic rings. The number of methoxy groups -OCH3 is 3. The molecule has 0 fully saturated rings. The first kappa shape index (κ1) is 12.4. The van der Waals surface area contributed by atoms with Crippen molar-refractivity contribution in [1.82, 2.24) is 0 Å². The molecule has 0 heterocycles. The van der Waals surface area contributed by atoms with Crippen LogP contribution in [0.5, 0.6) is 17.2 Å². The summed E-state index contributed by atoms with van der Waals surface area (Å²) in [6, 6.07) is 3.69. The van der Waals surface area contributed by atoms with Gasteiger partial charge in [-0.2, -0.15) is 0 Å². The molecule has 0 aliphatic heterocycles. The standard InChI is InChI=1S/C13H18O3/c1-6-9(2)13-11(15-4)7-10(14-3)8-12(13)16-5/h6-9H,1H2,2-5H3. The summed E-state index contributed by atoms with van der Waals surface area (Å²) < 4.78 is 15.9. The summed E-state index contributed by atoms with van der Waals surface area (Å²) in [6.07, 6.45) is 1.85. The van der Waals surface area contributed by atoms with Gasteiger partial charge < -0.3 is 14.2 Å². The summed E-state index contributed by atoms with van der Waals surface area (Å²) in [6.45, 7) is 5.83. The minimum absolute atomic E-state index is 0.163. The summed E-state index contributed by atoms with van der Waals surface area (Å²) in [5, 5.41) is 0. The smallest absolute Gasteiger partial charge is 0.130 e. The highest BCUT2D eigenvalue weighted by Crippen LogP contribution is 2.39. The fourth-order valence-corrected chi connectivity index (χ4v) is 1.60. The van der Waals surface area contributed by atoms with Crippen LogP contribution in [0.3, 0.4) is 0 Å². The minimum atomic E-state index is 0.163. The molecule has 0 aromatic heterocycles. The highest BCUT2D eigenvalue weighted by atomic mass is 16.5. The van der Waals surface area contributed by atoms with Gasteiger partial charge in [0.1, 0.15) is 17.2 Å². The molecule has 0 aliphatic carbocycles. The zero-order valence-corrected chi connectivity index (χ0v) is 10.2. The molecule has 0 aliphatic rings. The Morgan fingerprint density at radius 1 is 1.06 bits per heavy atom. The molecule has 16 heavy (non-hydrogen) atoms. The number of allylic oxidation sites excluding steroid dienone is 1. The molecule has 0 saturated carbocycles. The Kier molecular flexibility index (Phi) is 4.23. The molecule has 1 atom stereocenters. The highest BCUT2D eigenvalue weighted by molar-refractivity contribution is 5.53. The molecule has 0 spiro atoms. The summed E-state index contributed by atoms with van der Waals surface area (Å²) in [7, 11) is 4.88. The molecular weight excluding hydrogens is 204 g/mol. The number of benzene rings is 1. The van der Waals surface area contributed by atoms with Crippen molar-refractivity contribution in [2.24, 2.45) is 0 Å². The zero-order valence-electron chi connectivity index (χ0n) is 10.2. The van der Waals surface area contributed by atoms with Gasteiger partial charge in [-0.15, -0.1) is 6.58 Å². The van der Waals surface area contributed by atoms with Crippen molar-refractivity contribution in [3.05, 3.63) is 30.4 Å². The molecule has 0 radical (unpaired) electrons. The van der Waals surface area contributed by atoms with E-state index in [0.29, 0.717) is 5.75 Å². The van der Waals surface area contributed by atoms with Crippen molar-refractivity contribution in [3.63, 3.8) is 0 Å². The predicted octanol–water partition coefficient (Wildman–Crippen LogP) is 3.00. The number of ether oxygens (including phenoxy) is 3. The van der Waals surface area contributed by atoms with E-state index in [9.17, 15) is 0 Å². The second-order valence-electron chi connectivity index (χ2n) is 3.47. The van der Waals surface area contributed by atoms with Gasteiger partial charge in [-0.1, -0.05) is 13.0 Å². The van der Waals surface area contributed by atoms with E-state index in [-0.39, 0.29) is 5.92 Å². The molecule has 3 heteroatoms. The van der Waals surface area contributed by atoms with E-state index in [1.807, 2.05) is 25.1 Å². The van der Waals surface area contributed by atoms with E-state index in [1.165, 1.54) is 0 Å². The number of hydrogen-bond acceptors (Lipinski definition) is 3. The fraction of sp³-hybridized carbons (Fsp3) is 0.385. The summed E-state index contributed by atoms with van der Waals surface area (Å²) in [5.41, 5.74) is 0.987. The molecule has 1 rings (SSSR count). The topological polar surface area (TPSA) is 27.7 Å². The molecule has 0 N–H and O–H groups in total. The maximum absolute atomic E-state index is 5.35. The number of rotatable bonds is 5. The Balaban J connectivity index is 3.36. The molecular formula is C13H18O3. The van der Waals surface area contributed by atoms with Crippen LogP contribution in [0.1, 0.15) is 18.4 Å². The summed E-state index contributed by atoms with van der Waals surface area (Å²) in [5.74, 6) is 2.39. The van der Waals surface area contributed by atoms with Gasteiger partial charge >= 0.3 is 0 Å². The normalized spacial score (nSPS) is 11.8. The lowest BCUT2D eigenvalue weighted by molar-refractivity contribution is 0.367. The van der Waals surface area contributed by atoms with Crippen LogP contribution in [0.4, 0.5) is 0 Å². The lowest BCUT2D eigenvalue weighted by Gasteiger charge is -2.17. The molecule has 3 nitrogen and oxygen atoms in total. The van der Waals surface area contributed by atoms with Crippen LogP contribution in [0, 0.1) is 0 Å². The van der Waals surface area contributed by atoms with Crippen LogP contribution in [0.15, 0.2) is 24.8 Å². The van der Waals surface area contributed by atoms with Gasteiger partial charge in [-0.05, 0) is 0 Å². The molecule has 0 saturated heterocycles. The second-order valence-corrected chi connectivity index (χ2v) is 3.47. The van der Waals surface area contributed by atoms with Crippen LogP contribution < -0.4 is 14.2 Å². The van der Waals surface area contributed by atoms with Crippen molar-refractivity contribution in [2.75, 3.05) is 21.3 Å². The van der Waals surface area contributed by atoms with E-state index < -0.39 is 0 Å². The van der Waals surface area contributed by atoms with Crippen molar-refractivity contribution in [1.29, 1.82) is 0 Å². The predicted molar refractivity (Wildman–Crippen MR) is 64.7 cm³/mol. The van der Waals surface area contributed by atoms with Crippen LogP contribution in [0.2, 0.25) is 0 Å². The van der Waals surface area contributed by atoms with Crippen LogP contribution in [0.25, 0.3) is 0 Å². The van der Waals surface area contributed by atoms with E-state index in [0.717, 1.165) is 17.1 Å². The van der Waals surface area contributed by atoms with Crippen LogP contribution >= 0.6 is 0 Å². The highest BCUT2D eigenvalue weighted by Gasteiger charge is 2.16. The third-order valence-electron chi connectivity index (χ3n) is 2.56. The van der Waals surface area contributed by atoms with Gasteiger partial charge in [-0.3, -0.25) is 0 Å². The first-order valence-electron chi connectivity index (χ1n) is 5.10. The largest absolute Gasteiger partial charge is 0.496 e. The van der Waals surface area contributed by atoms with Gasteiger partial charge in [0.05, 0.1) is 21.3 Å². The lowest BCUT2D eigenvalue weighted by Crippen LogP contribution is -2.00. The van der Waals surface area contributed by atoms with E-state index in [1.54, 1.807) is 21.3 Å².